The number of amides is 1. The highest BCUT2D eigenvalue weighted by molar-refractivity contribution is 14.0. The molecule has 2 aliphatic rings. The van der Waals surface area contributed by atoms with Crippen molar-refractivity contribution in [1.82, 2.24) is 20.4 Å². The summed E-state index contributed by atoms with van der Waals surface area (Å²) in [6.45, 7) is 8.13. The van der Waals surface area contributed by atoms with Gasteiger partial charge in [0.25, 0.3) is 5.91 Å². The van der Waals surface area contributed by atoms with Crippen molar-refractivity contribution in [3.63, 3.8) is 0 Å². The van der Waals surface area contributed by atoms with Crippen LogP contribution in [0.2, 0.25) is 0 Å². The lowest BCUT2D eigenvalue weighted by Crippen LogP contribution is -2.50. The van der Waals surface area contributed by atoms with Crippen LogP contribution in [0.1, 0.15) is 23.0 Å². The minimum atomic E-state index is -0.220. The fourth-order valence-corrected chi connectivity index (χ4v) is 4.20. The first-order chi connectivity index (χ1) is 15.2. The number of carbonyl (C=O) groups excluding carboxylic acids is 1. The minimum absolute atomic E-state index is 0. The van der Waals surface area contributed by atoms with Gasteiger partial charge in [-0.1, -0.05) is 30.3 Å². The number of hydrogen-bond donors (Lipinski definition) is 2. The van der Waals surface area contributed by atoms with E-state index in [0.29, 0.717) is 24.9 Å². The minimum Gasteiger partial charge on any atom is -0.459 e. The number of furan rings is 1. The van der Waals surface area contributed by atoms with Crippen LogP contribution < -0.4 is 10.6 Å². The molecule has 2 fully saturated rings. The molecule has 3 heterocycles. The van der Waals surface area contributed by atoms with Gasteiger partial charge in [0.05, 0.1) is 31.6 Å². The van der Waals surface area contributed by atoms with Gasteiger partial charge in [-0.25, -0.2) is 0 Å². The number of ether oxygens (including phenoxy) is 1. The summed E-state index contributed by atoms with van der Waals surface area (Å²) in [6, 6.07) is 14.3. The summed E-state index contributed by atoms with van der Waals surface area (Å²) in [5, 5.41) is 6.22. The molecule has 1 aromatic carbocycles. The Kier molecular flexibility index (Phi) is 9.36. The Bertz CT molecular complexity index is 862. The SMILES string of the molecule is CCNC(=NCCNC(=O)c1ccco1)N1CC2OCCN(Cc3ccccc3)C2C1.I. The van der Waals surface area contributed by atoms with Crippen molar-refractivity contribution >= 4 is 35.8 Å². The van der Waals surface area contributed by atoms with Gasteiger partial charge >= 0.3 is 0 Å². The van der Waals surface area contributed by atoms with Gasteiger partial charge in [0, 0.05) is 39.3 Å². The molecule has 2 aromatic rings. The molecule has 2 saturated heterocycles. The van der Waals surface area contributed by atoms with Gasteiger partial charge in [-0.3, -0.25) is 14.7 Å². The number of hydrogen-bond acceptors (Lipinski definition) is 5. The van der Waals surface area contributed by atoms with Crippen LogP contribution >= 0.6 is 24.0 Å². The first-order valence-electron chi connectivity index (χ1n) is 11.0. The maximum absolute atomic E-state index is 12.0. The number of rotatable bonds is 7. The largest absolute Gasteiger partial charge is 0.459 e. The van der Waals surface area contributed by atoms with Crippen LogP contribution in [0.3, 0.4) is 0 Å². The van der Waals surface area contributed by atoms with E-state index in [1.807, 2.05) is 0 Å². The molecular weight excluding hydrogens is 521 g/mol. The molecule has 9 heteroatoms. The van der Waals surface area contributed by atoms with Gasteiger partial charge in [0.2, 0.25) is 0 Å². The lowest BCUT2D eigenvalue weighted by Gasteiger charge is -2.36. The summed E-state index contributed by atoms with van der Waals surface area (Å²) in [5.74, 6) is 0.963. The Labute approximate surface area is 206 Å². The smallest absolute Gasteiger partial charge is 0.287 e. The van der Waals surface area contributed by atoms with Gasteiger partial charge in [0.1, 0.15) is 0 Å². The van der Waals surface area contributed by atoms with Crippen LogP contribution in [0.4, 0.5) is 0 Å². The molecule has 2 N–H and O–H groups in total. The quantitative estimate of drug-likeness (QED) is 0.237. The Morgan fingerprint density at radius 1 is 1.16 bits per heavy atom. The Morgan fingerprint density at radius 2 is 2.00 bits per heavy atom. The third-order valence-corrected chi connectivity index (χ3v) is 5.68. The summed E-state index contributed by atoms with van der Waals surface area (Å²) in [7, 11) is 0. The number of aliphatic imine (C=N–C) groups is 1. The summed E-state index contributed by atoms with van der Waals surface area (Å²) in [5.41, 5.74) is 1.33. The maximum Gasteiger partial charge on any atom is 0.287 e. The van der Waals surface area contributed by atoms with E-state index in [-0.39, 0.29) is 36.0 Å². The predicted molar refractivity (Wildman–Crippen MR) is 134 cm³/mol. The fourth-order valence-electron chi connectivity index (χ4n) is 4.20. The highest BCUT2D eigenvalue weighted by Crippen LogP contribution is 2.24. The summed E-state index contributed by atoms with van der Waals surface area (Å²) in [4.78, 5) is 21.5. The molecule has 0 bridgehead atoms. The molecule has 2 aliphatic heterocycles. The van der Waals surface area contributed by atoms with E-state index in [1.54, 1.807) is 12.1 Å². The first-order valence-corrected chi connectivity index (χ1v) is 11.0. The number of guanidine groups is 1. The molecule has 174 valence electrons. The number of nitrogens with zero attached hydrogens (tertiary/aromatic N) is 3. The highest BCUT2D eigenvalue weighted by Gasteiger charge is 2.41. The second-order valence-electron chi connectivity index (χ2n) is 7.81. The Balaban J connectivity index is 0.00000289. The molecule has 2 unspecified atom stereocenters. The molecule has 4 rings (SSSR count). The van der Waals surface area contributed by atoms with Crippen molar-refractivity contribution in [3.8, 4) is 0 Å². The van der Waals surface area contributed by atoms with E-state index in [1.165, 1.54) is 11.8 Å². The van der Waals surface area contributed by atoms with E-state index < -0.39 is 0 Å². The topological polar surface area (TPSA) is 82.3 Å². The second-order valence-corrected chi connectivity index (χ2v) is 7.81. The van der Waals surface area contributed by atoms with Gasteiger partial charge < -0.3 is 24.7 Å². The fraction of sp³-hybridized carbons (Fsp3) is 0.478. The van der Waals surface area contributed by atoms with Crippen LogP contribution in [0.15, 0.2) is 58.1 Å². The van der Waals surface area contributed by atoms with Crippen LogP contribution in [0.5, 0.6) is 0 Å². The maximum atomic E-state index is 12.0. The van der Waals surface area contributed by atoms with Crippen molar-refractivity contribution in [3.05, 3.63) is 60.1 Å². The van der Waals surface area contributed by atoms with E-state index in [2.05, 4.69) is 57.7 Å². The molecule has 0 saturated carbocycles. The van der Waals surface area contributed by atoms with Gasteiger partial charge in [-0.05, 0) is 24.6 Å². The molecule has 32 heavy (non-hydrogen) atoms. The van der Waals surface area contributed by atoms with Crippen LogP contribution in [-0.2, 0) is 11.3 Å². The summed E-state index contributed by atoms with van der Waals surface area (Å²) >= 11 is 0. The molecule has 8 nitrogen and oxygen atoms in total. The normalized spacial score (nSPS) is 21.0. The molecule has 2 atom stereocenters. The van der Waals surface area contributed by atoms with Gasteiger partial charge in [-0.2, -0.15) is 0 Å². The highest BCUT2D eigenvalue weighted by atomic mass is 127. The van der Waals surface area contributed by atoms with E-state index >= 15 is 0 Å². The van der Waals surface area contributed by atoms with Gasteiger partial charge in [-0.15, -0.1) is 24.0 Å². The zero-order valence-corrected chi connectivity index (χ0v) is 20.7. The lowest BCUT2D eigenvalue weighted by atomic mass is 10.1. The Morgan fingerprint density at radius 3 is 2.75 bits per heavy atom. The molecule has 1 aromatic heterocycles. The number of halogens is 1. The first kappa shape index (κ1) is 24.5. The second kappa shape index (κ2) is 12.2. The number of likely N-dealkylation sites (tertiary alicyclic amines) is 1. The van der Waals surface area contributed by atoms with Crippen LogP contribution in [0, 0.1) is 0 Å². The van der Waals surface area contributed by atoms with E-state index in [0.717, 1.165) is 45.3 Å². The third kappa shape index (κ3) is 6.23. The number of morpholine rings is 1. The van der Waals surface area contributed by atoms with Crippen LogP contribution in [0.25, 0.3) is 0 Å². The molecule has 0 radical (unpaired) electrons. The van der Waals surface area contributed by atoms with Crippen molar-refractivity contribution in [1.29, 1.82) is 0 Å². The van der Waals surface area contributed by atoms with E-state index in [4.69, 9.17) is 14.1 Å². The third-order valence-electron chi connectivity index (χ3n) is 5.68. The molecule has 0 spiro atoms. The molecular formula is C23H32IN5O3. The average molecular weight is 553 g/mol. The number of benzene rings is 1. The standard InChI is InChI=1S/C23H31N5O3.HI/c1-2-24-23(26-11-10-25-22(29)20-9-6-13-30-20)28-16-19-21(17-28)31-14-12-27(19)15-18-7-4-3-5-8-18;/h3-9,13,19,21H,2,10-12,14-17H2,1H3,(H,24,26)(H,25,29);1H. The number of nitrogens with one attached hydrogen (secondary N) is 2. The average Bonchev–Trinajstić information content (AvgIpc) is 3.47. The van der Waals surface area contributed by atoms with E-state index in [9.17, 15) is 4.79 Å². The zero-order valence-electron chi connectivity index (χ0n) is 18.4. The van der Waals surface area contributed by atoms with Crippen molar-refractivity contribution in [2.75, 3.05) is 45.9 Å². The predicted octanol–water partition coefficient (Wildman–Crippen LogP) is 2.18. The number of carbonyl (C=O) groups is 1. The van der Waals surface area contributed by atoms with Gasteiger partial charge in [0.15, 0.2) is 11.7 Å². The summed E-state index contributed by atoms with van der Waals surface area (Å²) in [6.07, 6.45) is 1.67. The molecule has 0 aliphatic carbocycles. The monoisotopic (exact) mass is 553 g/mol. The summed E-state index contributed by atoms with van der Waals surface area (Å²) < 4.78 is 11.2. The van der Waals surface area contributed by atoms with Crippen molar-refractivity contribution in [2.24, 2.45) is 4.99 Å². The lowest BCUT2D eigenvalue weighted by molar-refractivity contribution is -0.0502. The zero-order chi connectivity index (χ0) is 21.5. The Hall–Kier alpha value is -2.11. The van der Waals surface area contributed by atoms with Crippen LogP contribution in [-0.4, -0.2) is 79.7 Å². The van der Waals surface area contributed by atoms with Crippen molar-refractivity contribution < 1.29 is 13.9 Å². The van der Waals surface area contributed by atoms with Crippen molar-refractivity contribution in [2.45, 2.75) is 25.6 Å². The molecule has 1 amide bonds. The number of fused-ring (bicyclic) bond motifs is 1.